The maximum Gasteiger partial charge on any atom is 0.167 e. The van der Waals surface area contributed by atoms with Gasteiger partial charge in [0, 0.05) is 6.54 Å². The van der Waals surface area contributed by atoms with Crippen LogP contribution in [0.25, 0.3) is 11.2 Å². The molecule has 5 atom stereocenters. The molecule has 2 aliphatic heterocycles. The van der Waals surface area contributed by atoms with Crippen LogP contribution in [0.1, 0.15) is 19.1 Å². The largest absolute Gasteiger partial charge is 0.394 e. The SMILES string of the molecule is OC[C@H]1O[C@@H](n2cnc3c(NC4CCCN4c4ccc(Cl)nn4)ncnc32)[C@@H](O)[C@H]1O. The molecule has 5 heterocycles. The summed E-state index contributed by atoms with van der Waals surface area (Å²) < 4.78 is 7.13. The first-order chi connectivity index (χ1) is 15.1. The fourth-order valence-electron chi connectivity index (χ4n) is 4.06. The normalized spacial score (nSPS) is 28.5. The van der Waals surface area contributed by atoms with Crippen LogP contribution in [-0.4, -0.2) is 82.7 Å². The highest BCUT2D eigenvalue weighted by atomic mass is 35.5. The first-order valence-corrected chi connectivity index (χ1v) is 10.3. The summed E-state index contributed by atoms with van der Waals surface area (Å²) in [7, 11) is 0. The van der Waals surface area contributed by atoms with Crippen molar-refractivity contribution in [3.8, 4) is 0 Å². The molecule has 0 amide bonds. The Hall–Kier alpha value is -2.64. The number of ether oxygens (including phenoxy) is 1. The highest BCUT2D eigenvalue weighted by molar-refractivity contribution is 6.29. The van der Waals surface area contributed by atoms with Gasteiger partial charge in [-0.25, -0.2) is 15.0 Å². The molecule has 3 aromatic rings. The first-order valence-electron chi connectivity index (χ1n) is 9.89. The number of hydrogen-bond donors (Lipinski definition) is 4. The number of rotatable bonds is 5. The van der Waals surface area contributed by atoms with Gasteiger partial charge in [0.15, 0.2) is 34.2 Å². The number of aromatic nitrogens is 6. The van der Waals surface area contributed by atoms with Crippen molar-refractivity contribution in [3.05, 3.63) is 29.9 Å². The number of hydrogen-bond acceptors (Lipinski definition) is 11. The van der Waals surface area contributed by atoms with Gasteiger partial charge in [0.25, 0.3) is 0 Å². The zero-order chi connectivity index (χ0) is 21.5. The predicted molar refractivity (Wildman–Crippen MR) is 109 cm³/mol. The number of imidazole rings is 1. The lowest BCUT2D eigenvalue weighted by Gasteiger charge is -2.26. The monoisotopic (exact) mass is 448 g/mol. The number of aliphatic hydroxyl groups is 3. The second-order valence-electron chi connectivity index (χ2n) is 7.49. The fraction of sp³-hybridized carbons (Fsp3) is 0.500. The van der Waals surface area contributed by atoms with Crippen molar-refractivity contribution in [2.75, 3.05) is 23.4 Å². The average molecular weight is 449 g/mol. The first kappa shape index (κ1) is 20.3. The molecular formula is C18H21ClN8O4. The number of aliphatic hydroxyl groups excluding tert-OH is 3. The minimum absolute atomic E-state index is 0.0763. The summed E-state index contributed by atoms with van der Waals surface area (Å²) in [5.41, 5.74) is 0.928. The van der Waals surface area contributed by atoms with E-state index in [0.717, 1.165) is 19.4 Å². The Bertz CT molecular complexity index is 1070. The summed E-state index contributed by atoms with van der Waals surface area (Å²) in [5, 5.41) is 41.6. The van der Waals surface area contributed by atoms with Crippen LogP contribution in [0.5, 0.6) is 0 Å². The van der Waals surface area contributed by atoms with Gasteiger partial charge in [0.05, 0.1) is 12.9 Å². The van der Waals surface area contributed by atoms with E-state index in [9.17, 15) is 15.3 Å². The highest BCUT2D eigenvalue weighted by Gasteiger charge is 2.44. The number of nitrogens with zero attached hydrogens (tertiary/aromatic N) is 7. The van der Waals surface area contributed by atoms with Gasteiger partial charge in [0.1, 0.15) is 30.8 Å². The van der Waals surface area contributed by atoms with Crippen LogP contribution in [0.2, 0.25) is 5.15 Å². The molecule has 0 spiro atoms. The Kier molecular flexibility index (Phi) is 5.32. The summed E-state index contributed by atoms with van der Waals surface area (Å²) >= 11 is 5.85. The molecule has 2 fully saturated rings. The Balaban J connectivity index is 1.42. The maximum atomic E-state index is 10.3. The van der Waals surface area contributed by atoms with Crippen molar-refractivity contribution in [3.63, 3.8) is 0 Å². The van der Waals surface area contributed by atoms with Crippen LogP contribution in [0.4, 0.5) is 11.6 Å². The summed E-state index contributed by atoms with van der Waals surface area (Å²) in [6.45, 7) is 0.396. The second kappa shape index (κ2) is 8.13. The van der Waals surface area contributed by atoms with Crippen molar-refractivity contribution >= 4 is 34.4 Å². The molecule has 5 rings (SSSR count). The summed E-state index contributed by atoms with van der Waals surface area (Å²) in [5.74, 6) is 1.23. The molecular weight excluding hydrogens is 428 g/mol. The van der Waals surface area contributed by atoms with Gasteiger partial charge in [-0.2, -0.15) is 0 Å². The third kappa shape index (κ3) is 3.55. The molecule has 0 bridgehead atoms. The van der Waals surface area contributed by atoms with Gasteiger partial charge < -0.3 is 30.3 Å². The number of anilines is 2. The quantitative estimate of drug-likeness (QED) is 0.414. The lowest BCUT2D eigenvalue weighted by Crippen LogP contribution is -2.36. The van der Waals surface area contributed by atoms with E-state index in [-0.39, 0.29) is 6.17 Å². The highest BCUT2D eigenvalue weighted by Crippen LogP contribution is 2.33. The zero-order valence-corrected chi connectivity index (χ0v) is 17.0. The topological polar surface area (TPSA) is 155 Å². The molecule has 12 nitrogen and oxygen atoms in total. The summed E-state index contributed by atoms with van der Waals surface area (Å²) in [6.07, 6.45) is 0.379. The van der Waals surface area contributed by atoms with E-state index in [2.05, 4.69) is 35.4 Å². The van der Waals surface area contributed by atoms with Crippen LogP contribution in [0, 0.1) is 0 Å². The van der Waals surface area contributed by atoms with Gasteiger partial charge in [-0.1, -0.05) is 11.6 Å². The van der Waals surface area contributed by atoms with E-state index in [4.69, 9.17) is 16.3 Å². The van der Waals surface area contributed by atoms with Crippen LogP contribution in [0.15, 0.2) is 24.8 Å². The van der Waals surface area contributed by atoms with E-state index in [1.807, 2.05) is 6.07 Å². The van der Waals surface area contributed by atoms with Crippen LogP contribution < -0.4 is 10.2 Å². The molecule has 0 aliphatic carbocycles. The molecule has 31 heavy (non-hydrogen) atoms. The molecule has 3 aromatic heterocycles. The van der Waals surface area contributed by atoms with Crippen LogP contribution in [-0.2, 0) is 4.74 Å². The molecule has 0 radical (unpaired) electrons. The van der Waals surface area contributed by atoms with Crippen LogP contribution in [0.3, 0.4) is 0 Å². The van der Waals surface area contributed by atoms with Crippen molar-refractivity contribution in [1.29, 1.82) is 0 Å². The smallest absolute Gasteiger partial charge is 0.167 e. The van der Waals surface area contributed by atoms with E-state index < -0.39 is 31.1 Å². The number of nitrogens with one attached hydrogen (secondary N) is 1. The third-order valence-electron chi connectivity index (χ3n) is 5.62. The molecule has 0 saturated carbocycles. The van der Waals surface area contributed by atoms with Gasteiger partial charge in [-0.15, -0.1) is 10.2 Å². The van der Waals surface area contributed by atoms with Crippen molar-refractivity contribution < 1.29 is 20.1 Å². The minimum Gasteiger partial charge on any atom is -0.394 e. The predicted octanol–water partition coefficient (Wildman–Crippen LogP) is -0.0804. The van der Waals surface area contributed by atoms with Crippen LogP contribution >= 0.6 is 11.6 Å². The van der Waals surface area contributed by atoms with Crippen molar-refractivity contribution in [2.45, 2.75) is 43.5 Å². The van der Waals surface area contributed by atoms with Crippen molar-refractivity contribution in [2.24, 2.45) is 0 Å². The lowest BCUT2D eigenvalue weighted by atomic mass is 10.1. The van der Waals surface area contributed by atoms with Gasteiger partial charge in [-0.3, -0.25) is 4.57 Å². The lowest BCUT2D eigenvalue weighted by molar-refractivity contribution is -0.0511. The second-order valence-corrected chi connectivity index (χ2v) is 7.87. The molecule has 2 aliphatic rings. The fourth-order valence-corrected chi connectivity index (χ4v) is 4.17. The molecule has 164 valence electrons. The van der Waals surface area contributed by atoms with Crippen molar-refractivity contribution in [1.82, 2.24) is 29.7 Å². The van der Waals surface area contributed by atoms with Gasteiger partial charge >= 0.3 is 0 Å². The number of halogens is 1. The van der Waals surface area contributed by atoms with Gasteiger partial charge in [-0.05, 0) is 25.0 Å². The molecule has 13 heteroatoms. The molecule has 4 N–H and O–H groups in total. The minimum atomic E-state index is -1.23. The zero-order valence-electron chi connectivity index (χ0n) is 16.3. The standard InChI is InChI=1S/C18H21ClN8O4/c19-10-3-4-12(25-24-10)26-5-1-2-11(26)23-16-13-17(21-7-20-16)27(8-22-13)18-15(30)14(29)9(6-28)31-18/h3-4,7-9,11,14-15,18,28-30H,1-2,5-6H2,(H,20,21,23)/t9-,11?,14+,15+,18-/m1/s1. The molecule has 0 aromatic carbocycles. The Morgan fingerprint density at radius 1 is 1.16 bits per heavy atom. The summed E-state index contributed by atoms with van der Waals surface area (Å²) in [6, 6.07) is 3.52. The Morgan fingerprint density at radius 2 is 2.03 bits per heavy atom. The average Bonchev–Trinajstić information content (AvgIpc) is 3.48. The van der Waals surface area contributed by atoms with E-state index in [1.54, 1.807) is 6.07 Å². The maximum absolute atomic E-state index is 10.3. The Morgan fingerprint density at radius 3 is 2.77 bits per heavy atom. The van der Waals surface area contributed by atoms with Gasteiger partial charge in [0.2, 0.25) is 0 Å². The Labute approximate surface area is 181 Å². The van der Waals surface area contributed by atoms with E-state index in [1.165, 1.54) is 17.2 Å². The molecule has 2 saturated heterocycles. The van der Waals surface area contributed by atoms with E-state index >= 15 is 0 Å². The summed E-state index contributed by atoms with van der Waals surface area (Å²) in [4.78, 5) is 15.1. The van der Waals surface area contributed by atoms with E-state index in [0.29, 0.717) is 28.0 Å². The number of fused-ring (bicyclic) bond motifs is 1. The third-order valence-corrected chi connectivity index (χ3v) is 5.82. The molecule has 1 unspecified atom stereocenters.